The highest BCUT2D eigenvalue weighted by Gasteiger charge is 2.44. The zero-order chi connectivity index (χ0) is 27.0. The lowest BCUT2D eigenvalue weighted by atomic mass is 9.93. The lowest BCUT2D eigenvalue weighted by Gasteiger charge is -2.35. The van der Waals surface area contributed by atoms with Gasteiger partial charge in [-0.2, -0.15) is 0 Å². The molecule has 39 heavy (non-hydrogen) atoms. The van der Waals surface area contributed by atoms with Gasteiger partial charge in [-0.15, -0.1) is 0 Å². The summed E-state index contributed by atoms with van der Waals surface area (Å²) in [6, 6.07) is 8.56. The maximum Gasteiger partial charge on any atom is 0.258 e. The first-order valence-corrected chi connectivity index (χ1v) is 15.0. The van der Waals surface area contributed by atoms with Gasteiger partial charge in [-0.3, -0.25) is 9.52 Å². The number of hydrogen-bond donors (Lipinski definition) is 3. The highest BCUT2D eigenvalue weighted by atomic mass is 32.2. The fraction of sp³-hybridized carbons (Fsp3) is 0.481. The van der Waals surface area contributed by atoms with E-state index in [0.717, 1.165) is 31.3 Å². The molecule has 0 bridgehead atoms. The molecule has 1 saturated carbocycles. The molecule has 0 unspecified atom stereocenters. The summed E-state index contributed by atoms with van der Waals surface area (Å²) >= 11 is 0. The van der Waals surface area contributed by atoms with E-state index < -0.39 is 22.4 Å². The van der Waals surface area contributed by atoms with Crippen molar-refractivity contribution < 1.29 is 27.5 Å². The van der Waals surface area contributed by atoms with E-state index in [-0.39, 0.29) is 5.91 Å². The minimum Gasteiger partial charge on any atom is -0.460 e. The quantitative estimate of drug-likeness (QED) is 0.383. The van der Waals surface area contributed by atoms with Crippen LogP contribution in [0.2, 0.25) is 0 Å². The van der Waals surface area contributed by atoms with E-state index in [0.29, 0.717) is 65.9 Å². The molecule has 1 spiro atoms. The number of anilines is 4. The van der Waals surface area contributed by atoms with Crippen LogP contribution in [0.4, 0.5) is 23.0 Å². The number of ether oxygens (including phenoxy) is 1. The molecule has 0 radical (unpaired) electrons. The number of aromatic nitrogens is 1. The molecule has 12 heteroatoms. The lowest BCUT2D eigenvalue weighted by molar-refractivity contribution is 0.102. The van der Waals surface area contributed by atoms with Crippen LogP contribution in [0.5, 0.6) is 0 Å². The van der Waals surface area contributed by atoms with Gasteiger partial charge in [-0.05, 0) is 61.4 Å². The molecule has 3 N–H and O–H groups in total. The topological polar surface area (TPSA) is 137 Å². The average molecular weight is 556 g/mol. The third-order valence-corrected chi connectivity index (χ3v) is 9.23. The Morgan fingerprint density at radius 2 is 1.79 bits per heavy atom. The van der Waals surface area contributed by atoms with E-state index >= 15 is 0 Å². The van der Waals surface area contributed by atoms with Crippen LogP contribution in [0.3, 0.4) is 0 Å². The number of sulfonamides is 1. The van der Waals surface area contributed by atoms with E-state index in [2.05, 4.69) is 19.8 Å². The molecule has 2 aliphatic heterocycles. The molecule has 4 heterocycles. The number of piperidine rings is 1. The molecule has 0 atom stereocenters. The summed E-state index contributed by atoms with van der Waals surface area (Å²) in [5.41, 5.74) is 2.57. The van der Waals surface area contributed by atoms with Crippen molar-refractivity contribution in [3.8, 4) is 0 Å². The number of aliphatic hydroxyl groups excluding tert-OH is 1. The molecule has 3 fully saturated rings. The van der Waals surface area contributed by atoms with Gasteiger partial charge in [-0.1, -0.05) is 0 Å². The second-order valence-corrected chi connectivity index (χ2v) is 12.4. The maximum absolute atomic E-state index is 13.7. The number of fused-ring (bicyclic) bond motifs is 1. The Kier molecular flexibility index (Phi) is 6.86. The van der Waals surface area contributed by atoms with Gasteiger partial charge in [0, 0.05) is 31.6 Å². The number of rotatable bonds is 8. The second-order valence-electron chi connectivity index (χ2n) is 10.6. The van der Waals surface area contributed by atoms with Gasteiger partial charge in [0.15, 0.2) is 11.4 Å². The van der Waals surface area contributed by atoms with Crippen molar-refractivity contribution in [1.82, 2.24) is 4.98 Å². The summed E-state index contributed by atoms with van der Waals surface area (Å²) in [6.07, 6.45) is 6.22. The van der Waals surface area contributed by atoms with Crippen LogP contribution in [-0.4, -0.2) is 76.2 Å². The van der Waals surface area contributed by atoms with Crippen molar-refractivity contribution >= 4 is 49.9 Å². The first-order chi connectivity index (χ1) is 18.8. The van der Waals surface area contributed by atoms with E-state index in [1.807, 2.05) is 6.07 Å². The van der Waals surface area contributed by atoms with Crippen LogP contribution in [0.15, 0.2) is 41.0 Å². The number of carbonyl (C=O) groups excluding carboxylic acids is 1. The fourth-order valence-corrected chi connectivity index (χ4v) is 6.32. The smallest absolute Gasteiger partial charge is 0.258 e. The number of amides is 1. The van der Waals surface area contributed by atoms with Crippen LogP contribution in [-0.2, 0) is 14.8 Å². The maximum atomic E-state index is 13.7. The Balaban J connectivity index is 1.30. The van der Waals surface area contributed by atoms with Crippen molar-refractivity contribution in [1.29, 1.82) is 0 Å². The number of benzene rings is 1. The normalized spacial score (nSPS) is 18.9. The van der Waals surface area contributed by atoms with Crippen molar-refractivity contribution in [2.24, 2.45) is 5.41 Å². The summed E-state index contributed by atoms with van der Waals surface area (Å²) in [7, 11) is -3.70. The molecule has 1 amide bonds. The molecular weight excluding hydrogens is 522 g/mol. The molecule has 208 valence electrons. The van der Waals surface area contributed by atoms with Crippen molar-refractivity contribution in [3.63, 3.8) is 0 Å². The van der Waals surface area contributed by atoms with Crippen LogP contribution in [0.25, 0.3) is 11.0 Å². The molecule has 1 aliphatic carbocycles. The zero-order valence-electron chi connectivity index (χ0n) is 21.7. The van der Waals surface area contributed by atoms with Crippen molar-refractivity contribution in [2.45, 2.75) is 25.7 Å². The molecular formula is C27H33N5O6S. The van der Waals surface area contributed by atoms with Gasteiger partial charge in [0.05, 0.1) is 48.8 Å². The number of pyridine rings is 1. The minimum atomic E-state index is -3.70. The van der Waals surface area contributed by atoms with Crippen LogP contribution in [0, 0.1) is 5.41 Å². The Bertz CT molecular complexity index is 1470. The summed E-state index contributed by atoms with van der Waals surface area (Å²) < 4.78 is 38.3. The summed E-state index contributed by atoms with van der Waals surface area (Å²) in [6.45, 7) is 3.66. The van der Waals surface area contributed by atoms with Gasteiger partial charge in [-0.25, -0.2) is 13.4 Å². The highest BCUT2D eigenvalue weighted by Crippen LogP contribution is 2.54. The standard InChI is InChI=1S/C27H33N5O6S/c33-12-16-39(35,36)30-20-1-2-21(22(18-20)31-8-6-27(4-5-27)7-9-31)26(34)29-23-17-19-3-13-38-24(19)25(28-23)32-10-14-37-15-11-32/h1-3,13,17-18,30,33H,4-12,14-16H2,(H,28,29,34). The first-order valence-electron chi connectivity index (χ1n) is 13.4. The first kappa shape index (κ1) is 25.9. The third-order valence-electron chi connectivity index (χ3n) is 7.97. The Morgan fingerprint density at radius 1 is 1.03 bits per heavy atom. The van der Waals surface area contributed by atoms with E-state index in [4.69, 9.17) is 19.2 Å². The predicted octanol–water partition coefficient (Wildman–Crippen LogP) is 3.03. The molecule has 1 aromatic carbocycles. The number of morpholine rings is 1. The van der Waals surface area contributed by atoms with Crippen LogP contribution < -0.4 is 19.8 Å². The Hall–Kier alpha value is -3.35. The third kappa shape index (κ3) is 5.54. The van der Waals surface area contributed by atoms with Crippen molar-refractivity contribution in [3.05, 3.63) is 42.2 Å². The van der Waals surface area contributed by atoms with E-state index in [9.17, 15) is 13.2 Å². The number of nitrogens with zero attached hydrogens (tertiary/aromatic N) is 3. The number of furan rings is 1. The lowest BCUT2D eigenvalue weighted by Crippen LogP contribution is -2.37. The summed E-state index contributed by atoms with van der Waals surface area (Å²) in [5.74, 6) is 0.342. The number of nitrogens with one attached hydrogen (secondary N) is 2. The zero-order valence-corrected chi connectivity index (χ0v) is 22.5. The highest BCUT2D eigenvalue weighted by molar-refractivity contribution is 7.92. The summed E-state index contributed by atoms with van der Waals surface area (Å²) in [4.78, 5) is 22.7. The van der Waals surface area contributed by atoms with Gasteiger partial charge in [0.2, 0.25) is 10.0 Å². The van der Waals surface area contributed by atoms with Gasteiger partial charge in [0.1, 0.15) is 5.82 Å². The number of aliphatic hydroxyl groups is 1. The number of hydrogen-bond acceptors (Lipinski definition) is 9. The van der Waals surface area contributed by atoms with Gasteiger partial charge < -0.3 is 29.4 Å². The predicted molar refractivity (Wildman–Crippen MR) is 149 cm³/mol. The van der Waals surface area contributed by atoms with E-state index in [1.54, 1.807) is 30.5 Å². The summed E-state index contributed by atoms with van der Waals surface area (Å²) in [5, 5.41) is 12.9. The monoisotopic (exact) mass is 555 g/mol. The fourth-order valence-electron chi connectivity index (χ4n) is 5.49. The number of carbonyl (C=O) groups is 1. The van der Waals surface area contributed by atoms with Crippen LogP contribution in [0.1, 0.15) is 36.0 Å². The average Bonchev–Trinajstić information content (AvgIpc) is 3.50. The Morgan fingerprint density at radius 3 is 2.51 bits per heavy atom. The molecule has 3 aromatic rings. The Labute approximate surface area is 227 Å². The minimum absolute atomic E-state index is 0.329. The van der Waals surface area contributed by atoms with Crippen LogP contribution >= 0.6 is 0 Å². The molecule has 6 rings (SSSR count). The molecule has 2 aromatic heterocycles. The second kappa shape index (κ2) is 10.3. The van der Waals surface area contributed by atoms with E-state index in [1.165, 1.54) is 12.8 Å². The SMILES string of the molecule is O=C(Nc1cc2ccoc2c(N2CCOCC2)n1)c1ccc(NS(=O)(=O)CCO)cc1N1CCC2(CC1)CC2. The molecule has 11 nitrogen and oxygen atoms in total. The molecule has 2 saturated heterocycles. The van der Waals surface area contributed by atoms with Gasteiger partial charge in [0.25, 0.3) is 5.91 Å². The van der Waals surface area contributed by atoms with Gasteiger partial charge >= 0.3 is 0 Å². The van der Waals surface area contributed by atoms with Crippen molar-refractivity contribution in [2.75, 3.05) is 71.6 Å². The molecule has 3 aliphatic rings. The largest absolute Gasteiger partial charge is 0.460 e.